The summed E-state index contributed by atoms with van der Waals surface area (Å²) in [6.45, 7) is 6.22. The zero-order valence-corrected chi connectivity index (χ0v) is 15.6. The zero-order chi connectivity index (χ0) is 17.6. The predicted molar refractivity (Wildman–Crippen MR) is 98.4 cm³/mol. The van der Waals surface area contributed by atoms with Crippen LogP contribution in [0.15, 0.2) is 0 Å². The van der Waals surface area contributed by atoms with Crippen LogP contribution in [0.3, 0.4) is 0 Å². The standard InChI is InChI=1S/C19H34N4O2/c1-2-11-23(17-9-10-20-13-17)18(24)15-6-5-12-22(14-15)19(25)21-16-7-3-4-8-16/h15-17,20H,2-14H2,1H3,(H,21,25). The number of rotatable bonds is 5. The Morgan fingerprint density at radius 3 is 2.64 bits per heavy atom. The van der Waals surface area contributed by atoms with Crippen LogP contribution < -0.4 is 10.6 Å². The lowest BCUT2D eigenvalue weighted by atomic mass is 9.95. The van der Waals surface area contributed by atoms with Crippen molar-refractivity contribution in [1.29, 1.82) is 0 Å². The van der Waals surface area contributed by atoms with Gasteiger partial charge in [0.2, 0.25) is 5.91 Å². The first-order chi connectivity index (χ1) is 12.2. The summed E-state index contributed by atoms with van der Waals surface area (Å²) in [5.74, 6) is 0.226. The van der Waals surface area contributed by atoms with E-state index in [9.17, 15) is 9.59 Å². The van der Waals surface area contributed by atoms with E-state index < -0.39 is 0 Å². The molecule has 3 fully saturated rings. The molecule has 6 nitrogen and oxygen atoms in total. The largest absolute Gasteiger partial charge is 0.338 e. The Balaban J connectivity index is 1.56. The Labute approximate surface area is 151 Å². The molecule has 2 saturated heterocycles. The highest BCUT2D eigenvalue weighted by molar-refractivity contribution is 5.81. The van der Waals surface area contributed by atoms with E-state index in [2.05, 4.69) is 22.5 Å². The molecule has 1 aliphatic carbocycles. The maximum Gasteiger partial charge on any atom is 0.317 e. The van der Waals surface area contributed by atoms with Crippen molar-refractivity contribution in [3.63, 3.8) is 0 Å². The van der Waals surface area contributed by atoms with Gasteiger partial charge in [0, 0.05) is 38.3 Å². The molecule has 2 aliphatic heterocycles. The van der Waals surface area contributed by atoms with E-state index in [-0.39, 0.29) is 17.9 Å². The first kappa shape index (κ1) is 18.5. The monoisotopic (exact) mass is 350 g/mol. The summed E-state index contributed by atoms with van der Waals surface area (Å²) in [5.41, 5.74) is 0. The molecule has 142 valence electrons. The fourth-order valence-electron chi connectivity index (χ4n) is 4.55. The van der Waals surface area contributed by atoms with Gasteiger partial charge in [0.25, 0.3) is 0 Å². The molecule has 0 radical (unpaired) electrons. The second-order valence-electron chi connectivity index (χ2n) is 7.89. The predicted octanol–water partition coefficient (Wildman–Crippen LogP) is 1.95. The Kier molecular flexibility index (Phi) is 6.57. The molecule has 2 N–H and O–H groups in total. The molecule has 1 saturated carbocycles. The highest BCUT2D eigenvalue weighted by atomic mass is 16.2. The van der Waals surface area contributed by atoms with Crippen molar-refractivity contribution in [2.75, 3.05) is 32.7 Å². The van der Waals surface area contributed by atoms with E-state index >= 15 is 0 Å². The lowest BCUT2D eigenvalue weighted by molar-refractivity contribution is -0.139. The number of hydrogen-bond acceptors (Lipinski definition) is 3. The van der Waals surface area contributed by atoms with E-state index in [0.717, 1.165) is 64.7 Å². The van der Waals surface area contributed by atoms with Gasteiger partial charge in [-0.15, -0.1) is 0 Å². The molecular formula is C19H34N4O2. The van der Waals surface area contributed by atoms with Crippen molar-refractivity contribution in [2.45, 2.75) is 70.4 Å². The molecule has 3 amide bonds. The van der Waals surface area contributed by atoms with Crippen LogP contribution in [0.4, 0.5) is 4.79 Å². The summed E-state index contributed by atoms with van der Waals surface area (Å²) in [7, 11) is 0. The average Bonchev–Trinajstić information content (AvgIpc) is 3.33. The average molecular weight is 351 g/mol. The summed E-state index contributed by atoms with van der Waals surface area (Å²) >= 11 is 0. The van der Waals surface area contributed by atoms with Gasteiger partial charge in [-0.3, -0.25) is 4.79 Å². The van der Waals surface area contributed by atoms with E-state index in [1.807, 2.05) is 4.90 Å². The molecule has 6 heteroatoms. The van der Waals surface area contributed by atoms with Crippen molar-refractivity contribution < 1.29 is 9.59 Å². The molecule has 0 bridgehead atoms. The second kappa shape index (κ2) is 8.88. The molecule has 3 rings (SSSR count). The number of hydrogen-bond donors (Lipinski definition) is 2. The van der Waals surface area contributed by atoms with Gasteiger partial charge >= 0.3 is 6.03 Å². The normalized spacial score (nSPS) is 27.5. The minimum Gasteiger partial charge on any atom is -0.338 e. The number of amides is 3. The third kappa shape index (κ3) is 4.66. The van der Waals surface area contributed by atoms with E-state index in [4.69, 9.17) is 0 Å². The van der Waals surface area contributed by atoms with Crippen molar-refractivity contribution in [1.82, 2.24) is 20.4 Å². The molecule has 0 spiro atoms. The number of nitrogens with zero attached hydrogens (tertiary/aromatic N) is 2. The quantitative estimate of drug-likeness (QED) is 0.796. The van der Waals surface area contributed by atoms with Crippen LogP contribution in [-0.4, -0.2) is 66.5 Å². The Bertz CT molecular complexity index is 458. The molecule has 0 aromatic carbocycles. The van der Waals surface area contributed by atoms with E-state index in [1.54, 1.807) is 0 Å². The molecule has 2 unspecified atom stereocenters. The lowest BCUT2D eigenvalue weighted by Gasteiger charge is -2.37. The summed E-state index contributed by atoms with van der Waals surface area (Å²) in [4.78, 5) is 29.6. The molecule has 3 aliphatic rings. The number of carbonyl (C=O) groups excluding carboxylic acids is 2. The third-order valence-corrected chi connectivity index (χ3v) is 5.96. The summed E-state index contributed by atoms with van der Waals surface area (Å²) in [6.07, 6.45) is 8.50. The maximum absolute atomic E-state index is 13.1. The Morgan fingerprint density at radius 1 is 1.16 bits per heavy atom. The SMILES string of the molecule is CCCN(C(=O)C1CCCN(C(=O)NC2CCCC2)C1)C1CCNC1. The smallest absolute Gasteiger partial charge is 0.317 e. The van der Waals surface area contributed by atoms with Gasteiger partial charge < -0.3 is 20.4 Å². The van der Waals surface area contributed by atoms with Crippen LogP contribution in [0.5, 0.6) is 0 Å². The van der Waals surface area contributed by atoms with Crippen LogP contribution >= 0.6 is 0 Å². The first-order valence-electron chi connectivity index (χ1n) is 10.3. The summed E-state index contributed by atoms with van der Waals surface area (Å²) in [5, 5.41) is 6.54. The minimum atomic E-state index is -0.0322. The summed E-state index contributed by atoms with van der Waals surface area (Å²) < 4.78 is 0. The van der Waals surface area contributed by atoms with Gasteiger partial charge in [0.1, 0.15) is 0 Å². The van der Waals surface area contributed by atoms with Gasteiger partial charge in [-0.1, -0.05) is 19.8 Å². The second-order valence-corrected chi connectivity index (χ2v) is 7.89. The van der Waals surface area contributed by atoms with Gasteiger partial charge in [-0.2, -0.15) is 0 Å². The van der Waals surface area contributed by atoms with E-state index in [1.165, 1.54) is 12.8 Å². The summed E-state index contributed by atoms with van der Waals surface area (Å²) in [6, 6.07) is 0.703. The van der Waals surface area contributed by atoms with Gasteiger partial charge in [-0.25, -0.2) is 4.79 Å². The topological polar surface area (TPSA) is 64.7 Å². The Morgan fingerprint density at radius 2 is 1.96 bits per heavy atom. The number of urea groups is 1. The first-order valence-corrected chi connectivity index (χ1v) is 10.3. The van der Waals surface area contributed by atoms with Gasteiger partial charge in [0.15, 0.2) is 0 Å². The van der Waals surface area contributed by atoms with Crippen LogP contribution in [0.1, 0.15) is 58.3 Å². The van der Waals surface area contributed by atoms with Crippen molar-refractivity contribution in [3.05, 3.63) is 0 Å². The number of carbonyl (C=O) groups is 2. The highest BCUT2D eigenvalue weighted by Crippen LogP contribution is 2.23. The van der Waals surface area contributed by atoms with Crippen LogP contribution in [0.2, 0.25) is 0 Å². The fraction of sp³-hybridized carbons (Fsp3) is 0.895. The molecule has 2 atom stereocenters. The van der Waals surface area contributed by atoms with Crippen LogP contribution in [-0.2, 0) is 4.79 Å². The van der Waals surface area contributed by atoms with E-state index in [0.29, 0.717) is 18.6 Å². The molecule has 0 aromatic heterocycles. The lowest BCUT2D eigenvalue weighted by Crippen LogP contribution is -2.53. The highest BCUT2D eigenvalue weighted by Gasteiger charge is 2.35. The third-order valence-electron chi connectivity index (χ3n) is 5.96. The molecular weight excluding hydrogens is 316 g/mol. The number of nitrogens with one attached hydrogen (secondary N) is 2. The maximum atomic E-state index is 13.1. The molecule has 25 heavy (non-hydrogen) atoms. The van der Waals surface area contributed by atoms with Gasteiger partial charge in [-0.05, 0) is 45.1 Å². The van der Waals surface area contributed by atoms with Crippen LogP contribution in [0, 0.1) is 5.92 Å². The van der Waals surface area contributed by atoms with Gasteiger partial charge in [0.05, 0.1) is 5.92 Å². The minimum absolute atomic E-state index is 0.0322. The number of likely N-dealkylation sites (tertiary alicyclic amines) is 1. The van der Waals surface area contributed by atoms with Crippen molar-refractivity contribution >= 4 is 11.9 Å². The molecule has 0 aromatic rings. The molecule has 2 heterocycles. The van der Waals surface area contributed by atoms with Crippen LogP contribution in [0.25, 0.3) is 0 Å². The van der Waals surface area contributed by atoms with Crippen molar-refractivity contribution in [3.8, 4) is 0 Å². The van der Waals surface area contributed by atoms with Crippen molar-refractivity contribution in [2.24, 2.45) is 5.92 Å². The zero-order valence-electron chi connectivity index (χ0n) is 15.6. The Hall–Kier alpha value is -1.30. The number of piperidine rings is 1. The fourth-order valence-corrected chi connectivity index (χ4v) is 4.55.